The molecule has 4 nitrogen and oxygen atoms in total. The highest BCUT2D eigenvalue weighted by Crippen LogP contribution is 2.38. The lowest BCUT2D eigenvalue weighted by molar-refractivity contribution is 0.387. The molecule has 0 aromatic heterocycles. The first-order valence-electron chi connectivity index (χ1n) is 5.75. The third-order valence-electron chi connectivity index (χ3n) is 3.23. The van der Waals surface area contributed by atoms with Crippen molar-refractivity contribution < 1.29 is 9.47 Å². The first-order valence-corrected chi connectivity index (χ1v) is 5.75. The first-order chi connectivity index (χ1) is 8.38. The molecule has 0 saturated heterocycles. The molecule has 0 aliphatic carbocycles. The van der Waals surface area contributed by atoms with Gasteiger partial charge in [0.05, 0.1) is 26.0 Å². The summed E-state index contributed by atoms with van der Waals surface area (Å²) in [4.78, 5) is 1.90. The number of hydrogen-bond acceptors (Lipinski definition) is 4. The molecule has 0 heterocycles. The monoisotopic (exact) mass is 248 g/mol. The van der Waals surface area contributed by atoms with Crippen LogP contribution < -0.4 is 14.4 Å². The maximum atomic E-state index is 9.20. The van der Waals surface area contributed by atoms with Crippen molar-refractivity contribution in [2.24, 2.45) is 0 Å². The van der Waals surface area contributed by atoms with E-state index in [4.69, 9.17) is 9.47 Å². The number of hydrogen-bond donors (Lipinski definition) is 0. The van der Waals surface area contributed by atoms with Crippen LogP contribution in [0.25, 0.3) is 0 Å². The Balaban J connectivity index is 3.35. The lowest BCUT2D eigenvalue weighted by Gasteiger charge is -2.33. The molecule has 98 valence electrons. The minimum Gasteiger partial charge on any atom is -0.496 e. The van der Waals surface area contributed by atoms with Crippen molar-refractivity contribution in [1.29, 1.82) is 5.26 Å². The van der Waals surface area contributed by atoms with Gasteiger partial charge in [-0.2, -0.15) is 5.26 Å². The Morgan fingerprint density at radius 2 is 1.83 bits per heavy atom. The maximum Gasteiger partial charge on any atom is 0.148 e. The molecule has 1 aromatic rings. The maximum absolute atomic E-state index is 9.20. The summed E-state index contributed by atoms with van der Waals surface area (Å²) in [6.45, 7) is 5.67. The molecule has 0 aliphatic heterocycles. The van der Waals surface area contributed by atoms with Crippen LogP contribution in [0.1, 0.15) is 19.4 Å². The van der Waals surface area contributed by atoms with Crippen molar-refractivity contribution in [3.63, 3.8) is 0 Å². The van der Waals surface area contributed by atoms with Crippen LogP contribution >= 0.6 is 0 Å². The molecule has 0 aliphatic rings. The zero-order valence-corrected chi connectivity index (χ0v) is 11.9. The normalized spacial score (nSPS) is 10.7. The number of anilines is 1. The van der Waals surface area contributed by atoms with E-state index in [-0.39, 0.29) is 0 Å². The lowest BCUT2D eigenvalue weighted by atomic mass is 10.0. The predicted molar refractivity (Wildman–Crippen MR) is 72.4 cm³/mol. The fraction of sp³-hybridized carbons (Fsp3) is 0.500. The predicted octanol–water partition coefficient (Wildman–Crippen LogP) is 2.75. The fourth-order valence-electron chi connectivity index (χ4n) is 1.78. The van der Waals surface area contributed by atoms with Gasteiger partial charge in [-0.05, 0) is 32.9 Å². The molecule has 0 fully saturated rings. The molecule has 0 amide bonds. The zero-order valence-electron chi connectivity index (χ0n) is 11.9. The second-order valence-corrected chi connectivity index (χ2v) is 4.68. The summed E-state index contributed by atoms with van der Waals surface area (Å²) in [7, 11) is 5.13. The topological polar surface area (TPSA) is 45.5 Å². The van der Waals surface area contributed by atoms with Crippen LogP contribution in [0.3, 0.4) is 0 Å². The summed E-state index contributed by atoms with van der Waals surface area (Å²) in [5.41, 5.74) is 1.20. The summed E-state index contributed by atoms with van der Waals surface area (Å²) in [5, 5.41) is 9.20. The second kappa shape index (κ2) is 5.18. The Morgan fingerprint density at radius 1 is 1.22 bits per heavy atom. The summed E-state index contributed by atoms with van der Waals surface area (Å²) in [5.74, 6) is 1.51. The Morgan fingerprint density at radius 3 is 2.28 bits per heavy atom. The standard InChI is InChI=1S/C14H20N2O2/c1-10-12(17-5)8-7-11(13(10)18-6)16(4)14(2,3)9-15/h7-8H,1-6H3. The van der Waals surface area contributed by atoms with Crippen molar-refractivity contribution in [1.82, 2.24) is 0 Å². The van der Waals surface area contributed by atoms with E-state index in [0.29, 0.717) is 0 Å². The highest BCUT2D eigenvalue weighted by Gasteiger charge is 2.26. The number of rotatable bonds is 4. The molecule has 18 heavy (non-hydrogen) atoms. The van der Waals surface area contributed by atoms with Gasteiger partial charge in [-0.3, -0.25) is 0 Å². The van der Waals surface area contributed by atoms with E-state index < -0.39 is 5.54 Å². The van der Waals surface area contributed by atoms with Crippen molar-refractivity contribution in [2.75, 3.05) is 26.2 Å². The Kier molecular flexibility index (Phi) is 4.07. The Hall–Kier alpha value is -1.89. The quantitative estimate of drug-likeness (QED) is 0.822. The molecule has 0 unspecified atom stereocenters. The number of benzene rings is 1. The highest BCUT2D eigenvalue weighted by molar-refractivity contribution is 5.66. The van der Waals surface area contributed by atoms with E-state index in [0.717, 1.165) is 22.7 Å². The third kappa shape index (κ3) is 2.35. The van der Waals surface area contributed by atoms with E-state index in [2.05, 4.69) is 6.07 Å². The van der Waals surface area contributed by atoms with Gasteiger partial charge in [0, 0.05) is 12.6 Å². The van der Waals surface area contributed by atoms with E-state index >= 15 is 0 Å². The van der Waals surface area contributed by atoms with Gasteiger partial charge >= 0.3 is 0 Å². The van der Waals surface area contributed by atoms with Crippen LogP contribution in [0.4, 0.5) is 5.69 Å². The van der Waals surface area contributed by atoms with Gasteiger partial charge < -0.3 is 14.4 Å². The average Bonchev–Trinajstić information content (AvgIpc) is 2.37. The molecular weight excluding hydrogens is 228 g/mol. The van der Waals surface area contributed by atoms with Crippen molar-refractivity contribution in [3.05, 3.63) is 17.7 Å². The Labute approximate surface area is 109 Å². The zero-order chi connectivity index (χ0) is 13.9. The van der Waals surface area contributed by atoms with Gasteiger partial charge in [-0.1, -0.05) is 0 Å². The Bertz CT molecular complexity index is 475. The van der Waals surface area contributed by atoms with E-state index in [1.165, 1.54) is 0 Å². The van der Waals surface area contributed by atoms with Gasteiger partial charge in [-0.15, -0.1) is 0 Å². The molecule has 4 heteroatoms. The van der Waals surface area contributed by atoms with Crippen LogP contribution in [-0.2, 0) is 0 Å². The minimum atomic E-state index is -0.603. The summed E-state index contributed by atoms with van der Waals surface area (Å²) in [6, 6.07) is 6.07. The third-order valence-corrected chi connectivity index (χ3v) is 3.23. The smallest absolute Gasteiger partial charge is 0.148 e. The van der Waals surface area contributed by atoms with E-state index in [1.807, 2.05) is 44.9 Å². The number of ether oxygens (including phenoxy) is 2. The van der Waals surface area contributed by atoms with Crippen LogP contribution in [0.5, 0.6) is 11.5 Å². The molecule has 1 aromatic carbocycles. The average molecular weight is 248 g/mol. The number of nitrogens with zero attached hydrogens (tertiary/aromatic N) is 2. The van der Waals surface area contributed by atoms with Gasteiger partial charge in [-0.25, -0.2) is 0 Å². The van der Waals surface area contributed by atoms with Crippen molar-refractivity contribution >= 4 is 5.69 Å². The second-order valence-electron chi connectivity index (χ2n) is 4.68. The molecule has 0 spiro atoms. The van der Waals surface area contributed by atoms with Gasteiger partial charge in [0.15, 0.2) is 0 Å². The lowest BCUT2D eigenvalue weighted by Crippen LogP contribution is -2.40. The summed E-state index contributed by atoms with van der Waals surface area (Å²) in [6.07, 6.45) is 0. The molecular formula is C14H20N2O2. The molecule has 0 saturated carbocycles. The van der Waals surface area contributed by atoms with Crippen LogP contribution in [-0.4, -0.2) is 26.8 Å². The minimum absolute atomic E-state index is 0.603. The van der Waals surface area contributed by atoms with Gasteiger partial charge in [0.1, 0.15) is 17.0 Å². The van der Waals surface area contributed by atoms with E-state index in [1.54, 1.807) is 14.2 Å². The van der Waals surface area contributed by atoms with Crippen LogP contribution in [0, 0.1) is 18.3 Å². The van der Waals surface area contributed by atoms with Gasteiger partial charge in [0.25, 0.3) is 0 Å². The van der Waals surface area contributed by atoms with Crippen LogP contribution in [0.15, 0.2) is 12.1 Å². The van der Waals surface area contributed by atoms with E-state index in [9.17, 15) is 5.26 Å². The SMILES string of the molecule is COc1ccc(N(C)C(C)(C)C#N)c(OC)c1C. The van der Waals surface area contributed by atoms with Crippen LogP contribution in [0.2, 0.25) is 0 Å². The van der Waals surface area contributed by atoms with Gasteiger partial charge in [0.2, 0.25) is 0 Å². The van der Waals surface area contributed by atoms with Crippen molar-refractivity contribution in [2.45, 2.75) is 26.3 Å². The summed E-state index contributed by atoms with van der Waals surface area (Å²) >= 11 is 0. The molecule has 0 atom stereocenters. The van der Waals surface area contributed by atoms with Crippen molar-refractivity contribution in [3.8, 4) is 17.6 Å². The largest absolute Gasteiger partial charge is 0.496 e. The molecule has 0 radical (unpaired) electrons. The summed E-state index contributed by atoms with van der Waals surface area (Å²) < 4.78 is 10.7. The molecule has 0 N–H and O–H groups in total. The number of nitriles is 1. The first kappa shape index (κ1) is 14.2. The number of methoxy groups -OCH3 is 2. The molecule has 0 bridgehead atoms. The fourth-order valence-corrected chi connectivity index (χ4v) is 1.78. The highest BCUT2D eigenvalue weighted by atomic mass is 16.5. The molecule has 1 rings (SSSR count).